The van der Waals surface area contributed by atoms with Gasteiger partial charge in [0.1, 0.15) is 0 Å². The molecule has 146 valence electrons. The summed E-state index contributed by atoms with van der Waals surface area (Å²) in [6, 6.07) is 6.54. The van der Waals surface area contributed by atoms with Gasteiger partial charge in [0.05, 0.1) is 24.8 Å². The minimum absolute atomic E-state index is 0.188. The summed E-state index contributed by atoms with van der Waals surface area (Å²) >= 11 is 0. The molecule has 1 rings (SSSR count). The van der Waals surface area contributed by atoms with E-state index in [1.807, 2.05) is 0 Å². The monoisotopic (exact) mass is 380 g/mol. The molecular weight excluding hydrogens is 348 g/mol. The molecule has 0 aliphatic rings. The minimum atomic E-state index is -1.60. The van der Waals surface area contributed by atoms with E-state index in [0.717, 1.165) is 19.3 Å². The van der Waals surface area contributed by atoms with Crippen molar-refractivity contribution in [2.24, 2.45) is 5.92 Å². The van der Waals surface area contributed by atoms with Crippen molar-refractivity contribution in [2.75, 3.05) is 13.7 Å². The van der Waals surface area contributed by atoms with Crippen molar-refractivity contribution < 1.29 is 23.5 Å². The van der Waals surface area contributed by atoms with Crippen LogP contribution >= 0.6 is 0 Å². The predicted octanol–water partition coefficient (Wildman–Crippen LogP) is 4.68. The van der Waals surface area contributed by atoms with Crippen molar-refractivity contribution in [3.05, 3.63) is 35.4 Å². The highest BCUT2D eigenvalue weighted by atomic mass is 28.4. The molecule has 1 aromatic carbocycles. The first-order chi connectivity index (χ1) is 12.2. The average molecular weight is 381 g/mol. The first-order valence-corrected chi connectivity index (χ1v) is 12.6. The van der Waals surface area contributed by atoms with Crippen LogP contribution in [0.25, 0.3) is 0 Å². The zero-order chi connectivity index (χ0) is 19.7. The molecule has 0 N–H and O–H groups in total. The molecule has 0 fully saturated rings. The maximum atomic E-state index is 12.4. The molecular formula is C20H32O5Si. The molecule has 0 aliphatic heterocycles. The molecule has 0 spiro atoms. The molecule has 26 heavy (non-hydrogen) atoms. The van der Waals surface area contributed by atoms with Gasteiger partial charge in [-0.3, -0.25) is 0 Å². The zero-order valence-corrected chi connectivity index (χ0v) is 17.8. The van der Waals surface area contributed by atoms with E-state index >= 15 is 0 Å². The Morgan fingerprint density at radius 3 is 2.04 bits per heavy atom. The van der Waals surface area contributed by atoms with E-state index in [9.17, 15) is 9.59 Å². The van der Waals surface area contributed by atoms with Gasteiger partial charge in [0.25, 0.3) is 0 Å². The number of carbonyl (C=O) groups excluding carboxylic acids is 2. The van der Waals surface area contributed by atoms with E-state index in [-0.39, 0.29) is 23.1 Å². The molecule has 0 amide bonds. The normalized spacial score (nSPS) is 13.8. The van der Waals surface area contributed by atoms with Crippen molar-refractivity contribution >= 4 is 20.3 Å². The quantitative estimate of drug-likeness (QED) is 0.436. The van der Waals surface area contributed by atoms with Crippen LogP contribution in [-0.4, -0.2) is 40.1 Å². The van der Waals surface area contributed by atoms with E-state index < -0.39 is 20.3 Å². The summed E-state index contributed by atoms with van der Waals surface area (Å²) in [4.78, 5) is 24.2. The predicted molar refractivity (Wildman–Crippen MR) is 105 cm³/mol. The van der Waals surface area contributed by atoms with E-state index in [1.54, 1.807) is 24.3 Å². The van der Waals surface area contributed by atoms with Crippen LogP contribution in [0.5, 0.6) is 0 Å². The Kier molecular flexibility index (Phi) is 9.02. The number of methoxy groups -OCH3 is 1. The Morgan fingerprint density at radius 2 is 1.58 bits per heavy atom. The maximum Gasteiger partial charge on any atom is 0.339 e. The van der Waals surface area contributed by atoms with E-state index in [0.29, 0.717) is 6.61 Å². The van der Waals surface area contributed by atoms with E-state index in [1.165, 1.54) is 7.11 Å². The molecule has 2 unspecified atom stereocenters. The Bertz CT molecular complexity index is 594. The van der Waals surface area contributed by atoms with Gasteiger partial charge in [-0.25, -0.2) is 9.59 Å². The van der Waals surface area contributed by atoms with Gasteiger partial charge in [0.2, 0.25) is 0 Å². The number of carbonyl (C=O) groups is 2. The summed E-state index contributed by atoms with van der Waals surface area (Å²) in [5, 5.41) is 0. The first-order valence-electron chi connectivity index (χ1n) is 9.24. The SMILES string of the molecule is CCC(COC(=O)c1ccccc1C(=O)OC)CC(CC)O[Si](C)(C)C. The summed E-state index contributed by atoms with van der Waals surface area (Å²) in [5.41, 5.74) is 0.459. The molecule has 5 nitrogen and oxygen atoms in total. The standard InChI is InChI=1S/C20H32O5Si/c1-7-15(13-16(8-2)25-26(4,5)6)14-24-20(22)18-12-10-9-11-17(18)19(21)23-3/h9-12,15-16H,7-8,13-14H2,1-6H3. The Morgan fingerprint density at radius 1 is 1.00 bits per heavy atom. The van der Waals surface area contributed by atoms with Crippen molar-refractivity contribution in [1.82, 2.24) is 0 Å². The fourth-order valence-corrected chi connectivity index (χ4v) is 4.01. The number of hydrogen-bond donors (Lipinski definition) is 0. The highest BCUT2D eigenvalue weighted by Gasteiger charge is 2.24. The Balaban J connectivity index is 2.71. The third-order valence-corrected chi connectivity index (χ3v) is 5.19. The fourth-order valence-electron chi connectivity index (χ4n) is 2.74. The molecule has 6 heteroatoms. The van der Waals surface area contributed by atoms with Crippen LogP contribution in [0.2, 0.25) is 19.6 Å². The van der Waals surface area contributed by atoms with Gasteiger partial charge in [-0.2, -0.15) is 0 Å². The van der Waals surface area contributed by atoms with E-state index in [4.69, 9.17) is 13.9 Å². The average Bonchev–Trinajstić information content (AvgIpc) is 2.62. The summed E-state index contributed by atoms with van der Waals surface area (Å²) in [6.45, 7) is 11.1. The van der Waals surface area contributed by atoms with Crippen molar-refractivity contribution in [1.29, 1.82) is 0 Å². The third kappa shape index (κ3) is 7.29. The highest BCUT2D eigenvalue weighted by Crippen LogP contribution is 2.21. The molecule has 0 aromatic heterocycles. The lowest BCUT2D eigenvalue weighted by Gasteiger charge is -2.28. The fraction of sp³-hybridized carbons (Fsp3) is 0.600. The van der Waals surface area contributed by atoms with Gasteiger partial charge in [-0.1, -0.05) is 26.0 Å². The van der Waals surface area contributed by atoms with Crippen LogP contribution in [0.4, 0.5) is 0 Å². The van der Waals surface area contributed by atoms with Crippen LogP contribution < -0.4 is 0 Å². The molecule has 0 saturated heterocycles. The van der Waals surface area contributed by atoms with Crippen LogP contribution in [0.3, 0.4) is 0 Å². The second-order valence-corrected chi connectivity index (χ2v) is 11.9. The van der Waals surface area contributed by atoms with Gasteiger partial charge >= 0.3 is 11.9 Å². The lowest BCUT2D eigenvalue weighted by molar-refractivity contribution is 0.0375. The van der Waals surface area contributed by atoms with Crippen molar-refractivity contribution in [2.45, 2.75) is 58.9 Å². The molecule has 2 atom stereocenters. The number of benzene rings is 1. The van der Waals surface area contributed by atoms with Gasteiger partial charge < -0.3 is 13.9 Å². The van der Waals surface area contributed by atoms with E-state index in [2.05, 4.69) is 33.5 Å². The van der Waals surface area contributed by atoms with Crippen LogP contribution in [0.1, 0.15) is 53.8 Å². The summed E-state index contributed by atoms with van der Waals surface area (Å²) in [7, 11) is -0.309. The van der Waals surface area contributed by atoms with Gasteiger partial charge in [0.15, 0.2) is 8.32 Å². The minimum Gasteiger partial charge on any atom is -0.465 e. The van der Waals surface area contributed by atoms with Crippen LogP contribution in [-0.2, 0) is 13.9 Å². The molecule has 0 heterocycles. The zero-order valence-electron chi connectivity index (χ0n) is 16.8. The molecule has 0 radical (unpaired) electrons. The molecule has 0 aliphatic carbocycles. The van der Waals surface area contributed by atoms with Crippen molar-refractivity contribution in [3.8, 4) is 0 Å². The van der Waals surface area contributed by atoms with Gasteiger partial charge in [0, 0.05) is 6.10 Å². The molecule has 0 saturated carbocycles. The number of esters is 2. The van der Waals surface area contributed by atoms with Crippen LogP contribution in [0, 0.1) is 5.92 Å². The molecule has 0 bridgehead atoms. The summed E-state index contributed by atoms with van der Waals surface area (Å²) in [6.07, 6.45) is 2.90. The highest BCUT2D eigenvalue weighted by molar-refractivity contribution is 6.69. The number of ether oxygens (including phenoxy) is 2. The number of rotatable bonds is 10. The van der Waals surface area contributed by atoms with Gasteiger partial charge in [-0.05, 0) is 57.0 Å². The second kappa shape index (κ2) is 10.5. The lowest BCUT2D eigenvalue weighted by Crippen LogP contribution is -2.33. The van der Waals surface area contributed by atoms with Crippen molar-refractivity contribution in [3.63, 3.8) is 0 Å². The largest absolute Gasteiger partial charge is 0.465 e. The summed E-state index contributed by atoms with van der Waals surface area (Å²) < 4.78 is 16.4. The number of hydrogen-bond acceptors (Lipinski definition) is 5. The Labute approximate surface area is 158 Å². The Hall–Kier alpha value is -1.66. The summed E-state index contributed by atoms with van der Waals surface area (Å²) in [5.74, 6) is -0.812. The lowest BCUT2D eigenvalue weighted by atomic mass is 9.98. The maximum absolute atomic E-state index is 12.4. The molecule has 1 aromatic rings. The first kappa shape index (κ1) is 22.4. The van der Waals surface area contributed by atoms with Crippen LogP contribution in [0.15, 0.2) is 24.3 Å². The third-order valence-electron chi connectivity index (χ3n) is 4.15. The smallest absolute Gasteiger partial charge is 0.339 e. The topological polar surface area (TPSA) is 61.8 Å². The second-order valence-electron chi connectivity index (χ2n) is 7.41. The van der Waals surface area contributed by atoms with Gasteiger partial charge in [-0.15, -0.1) is 0 Å².